The van der Waals surface area contributed by atoms with Gasteiger partial charge in [-0.1, -0.05) is 6.07 Å². The number of benzene rings is 1. The van der Waals surface area contributed by atoms with Gasteiger partial charge in [0.05, 0.1) is 5.51 Å². The van der Waals surface area contributed by atoms with E-state index in [9.17, 15) is 4.79 Å². The van der Waals surface area contributed by atoms with Crippen molar-refractivity contribution in [2.75, 3.05) is 17.7 Å². The van der Waals surface area contributed by atoms with Crippen LogP contribution in [-0.4, -0.2) is 17.9 Å². The number of thiazole rings is 1. The molecule has 0 aliphatic carbocycles. The molecule has 0 saturated carbocycles. The molecule has 0 radical (unpaired) electrons. The average molecular weight is 259 g/mol. The molecule has 0 bridgehead atoms. The maximum atomic E-state index is 11.6. The minimum atomic E-state index is 0.170. The van der Waals surface area contributed by atoms with Crippen LogP contribution in [0.15, 0.2) is 23.7 Å². The highest BCUT2D eigenvalue weighted by molar-refractivity contribution is 7.14. The molecule has 0 saturated heterocycles. The van der Waals surface area contributed by atoms with Gasteiger partial charge in [-0.15, -0.1) is 11.3 Å². The quantitative estimate of drug-likeness (QED) is 0.855. The number of aryl methyl sites for hydroxylation is 1. The van der Waals surface area contributed by atoms with Crippen molar-refractivity contribution in [3.63, 3.8) is 0 Å². The van der Waals surface area contributed by atoms with E-state index in [2.05, 4.69) is 11.1 Å². The second-order valence-corrected chi connectivity index (χ2v) is 5.25. The number of anilines is 2. The van der Waals surface area contributed by atoms with Crippen LogP contribution in [0, 0.1) is 0 Å². The molecule has 2 N–H and O–H groups in total. The Hall–Kier alpha value is -1.88. The summed E-state index contributed by atoms with van der Waals surface area (Å²) in [4.78, 5) is 17.6. The molecular formula is C13H13N3OS. The number of carbonyl (C=O) groups is 1. The van der Waals surface area contributed by atoms with Gasteiger partial charge in [0.15, 0.2) is 0 Å². The summed E-state index contributed by atoms with van der Waals surface area (Å²) in [5.41, 5.74) is 11.7. The average Bonchev–Trinajstić information content (AvgIpc) is 2.80. The highest BCUT2D eigenvalue weighted by atomic mass is 32.1. The van der Waals surface area contributed by atoms with Gasteiger partial charge in [-0.3, -0.25) is 4.79 Å². The van der Waals surface area contributed by atoms with Crippen molar-refractivity contribution in [1.29, 1.82) is 0 Å². The minimum Gasteiger partial charge on any atom is -0.389 e. The zero-order valence-corrected chi connectivity index (χ0v) is 10.8. The minimum absolute atomic E-state index is 0.170. The first-order valence-corrected chi connectivity index (χ1v) is 6.63. The molecule has 4 nitrogen and oxygen atoms in total. The third kappa shape index (κ3) is 1.67. The van der Waals surface area contributed by atoms with E-state index in [0.29, 0.717) is 6.42 Å². The maximum absolute atomic E-state index is 11.6. The van der Waals surface area contributed by atoms with E-state index in [-0.39, 0.29) is 5.91 Å². The lowest BCUT2D eigenvalue weighted by atomic mass is 9.98. The van der Waals surface area contributed by atoms with Crippen molar-refractivity contribution < 1.29 is 4.79 Å². The molecule has 0 fully saturated rings. The smallest absolute Gasteiger partial charge is 0.227 e. The van der Waals surface area contributed by atoms with E-state index in [1.165, 1.54) is 16.9 Å². The third-order valence-corrected chi connectivity index (χ3v) is 3.95. The van der Waals surface area contributed by atoms with Crippen LogP contribution < -0.4 is 10.6 Å². The van der Waals surface area contributed by atoms with Gasteiger partial charge in [0.1, 0.15) is 10.7 Å². The Labute approximate surface area is 109 Å². The van der Waals surface area contributed by atoms with E-state index in [1.54, 1.807) is 10.4 Å². The van der Waals surface area contributed by atoms with E-state index in [0.717, 1.165) is 28.4 Å². The lowest BCUT2D eigenvalue weighted by molar-refractivity contribution is -0.118. The number of amides is 1. The summed E-state index contributed by atoms with van der Waals surface area (Å²) in [5, 5.41) is 0.732. The van der Waals surface area contributed by atoms with E-state index in [4.69, 9.17) is 5.73 Å². The van der Waals surface area contributed by atoms with Crippen LogP contribution in [0.2, 0.25) is 0 Å². The monoisotopic (exact) mass is 259 g/mol. The summed E-state index contributed by atoms with van der Waals surface area (Å²) in [6.07, 6.45) is 1.36. The fourth-order valence-electron chi connectivity index (χ4n) is 2.28. The molecule has 0 unspecified atom stereocenters. The Balaban J connectivity index is 2.07. The number of carbonyl (C=O) groups excluding carboxylic acids is 1. The number of nitrogens with zero attached hydrogens (tertiary/aromatic N) is 2. The summed E-state index contributed by atoms with van der Waals surface area (Å²) >= 11 is 1.44. The maximum Gasteiger partial charge on any atom is 0.227 e. The van der Waals surface area contributed by atoms with Crippen molar-refractivity contribution in [3.05, 3.63) is 29.3 Å². The number of rotatable bonds is 1. The van der Waals surface area contributed by atoms with E-state index >= 15 is 0 Å². The van der Waals surface area contributed by atoms with Gasteiger partial charge >= 0.3 is 0 Å². The molecule has 3 rings (SSSR count). The lowest BCUT2D eigenvalue weighted by Crippen LogP contribution is -2.30. The van der Waals surface area contributed by atoms with Crippen LogP contribution in [0.3, 0.4) is 0 Å². The van der Waals surface area contributed by atoms with Crippen LogP contribution in [0.4, 0.5) is 10.7 Å². The van der Waals surface area contributed by atoms with Gasteiger partial charge in [-0.25, -0.2) is 4.98 Å². The molecule has 0 spiro atoms. The summed E-state index contributed by atoms with van der Waals surface area (Å²) in [5.74, 6) is 0.170. The van der Waals surface area contributed by atoms with Crippen molar-refractivity contribution in [2.45, 2.75) is 12.8 Å². The predicted octanol–water partition coefficient (Wildman–Crippen LogP) is 2.30. The number of fused-ring (bicyclic) bond motifs is 1. The van der Waals surface area contributed by atoms with Gasteiger partial charge in [0.25, 0.3) is 0 Å². The molecule has 1 aromatic carbocycles. The Morgan fingerprint density at radius 2 is 2.22 bits per heavy atom. The first-order valence-electron chi connectivity index (χ1n) is 5.75. The Bertz CT molecular complexity index is 620. The van der Waals surface area contributed by atoms with Crippen LogP contribution in [0.5, 0.6) is 0 Å². The van der Waals surface area contributed by atoms with Crippen molar-refractivity contribution >= 4 is 27.9 Å². The molecule has 92 valence electrons. The highest BCUT2D eigenvalue weighted by Crippen LogP contribution is 2.33. The number of hydrogen-bond acceptors (Lipinski definition) is 4. The highest BCUT2D eigenvalue weighted by Gasteiger charge is 2.21. The molecule has 1 aromatic heterocycles. The number of hydrogen-bond donors (Lipinski definition) is 1. The topological polar surface area (TPSA) is 59.2 Å². The molecule has 1 aliphatic rings. The number of nitrogens with two attached hydrogens (primary N) is 1. The number of aromatic nitrogens is 1. The zero-order chi connectivity index (χ0) is 12.7. The number of nitrogen functional groups attached to an aromatic ring is 1. The molecular weight excluding hydrogens is 246 g/mol. The van der Waals surface area contributed by atoms with Crippen molar-refractivity contribution in [2.24, 2.45) is 0 Å². The Morgan fingerprint density at radius 3 is 2.94 bits per heavy atom. The normalized spacial score (nSPS) is 14.7. The molecule has 1 aliphatic heterocycles. The molecule has 0 atom stereocenters. The van der Waals surface area contributed by atoms with Gasteiger partial charge < -0.3 is 10.6 Å². The third-order valence-electron chi connectivity index (χ3n) is 3.29. The van der Waals surface area contributed by atoms with Crippen LogP contribution in [0.1, 0.15) is 12.0 Å². The largest absolute Gasteiger partial charge is 0.389 e. The first kappa shape index (κ1) is 11.2. The van der Waals surface area contributed by atoms with Crippen molar-refractivity contribution in [3.8, 4) is 11.3 Å². The molecule has 1 amide bonds. The van der Waals surface area contributed by atoms with Gasteiger partial charge in [-0.05, 0) is 24.1 Å². The van der Waals surface area contributed by atoms with Gasteiger partial charge in [0.2, 0.25) is 5.91 Å². The second kappa shape index (κ2) is 4.10. The molecule has 2 aromatic rings. The fraction of sp³-hybridized carbons (Fsp3) is 0.231. The molecule has 5 heteroatoms. The van der Waals surface area contributed by atoms with E-state index < -0.39 is 0 Å². The van der Waals surface area contributed by atoms with Crippen LogP contribution in [-0.2, 0) is 11.2 Å². The molecule has 2 heterocycles. The summed E-state index contributed by atoms with van der Waals surface area (Å²) in [6, 6.07) is 6.03. The summed E-state index contributed by atoms with van der Waals surface area (Å²) < 4.78 is 0. The fourth-order valence-corrected chi connectivity index (χ4v) is 2.83. The lowest BCUT2D eigenvalue weighted by Gasteiger charge is -2.26. The van der Waals surface area contributed by atoms with E-state index in [1.807, 2.05) is 19.2 Å². The Morgan fingerprint density at radius 1 is 1.39 bits per heavy atom. The molecule has 18 heavy (non-hydrogen) atoms. The SMILES string of the molecule is CN1C(=O)CCc2cc(-c3ncsc3N)ccc21. The summed E-state index contributed by atoms with van der Waals surface area (Å²) in [6.45, 7) is 0. The Kier molecular flexibility index (Phi) is 2.56. The van der Waals surface area contributed by atoms with Gasteiger partial charge in [0, 0.05) is 24.7 Å². The standard InChI is InChI=1S/C13H13N3OS/c1-16-10-4-2-9(12-13(14)18-7-15-12)6-8(10)3-5-11(16)17/h2,4,6-7H,3,5,14H2,1H3. The summed E-state index contributed by atoms with van der Waals surface area (Å²) in [7, 11) is 1.82. The van der Waals surface area contributed by atoms with Gasteiger partial charge in [-0.2, -0.15) is 0 Å². The predicted molar refractivity (Wildman–Crippen MR) is 73.7 cm³/mol. The first-order chi connectivity index (χ1) is 8.66. The van der Waals surface area contributed by atoms with Crippen LogP contribution in [0.25, 0.3) is 11.3 Å². The van der Waals surface area contributed by atoms with Crippen molar-refractivity contribution in [1.82, 2.24) is 4.98 Å². The zero-order valence-electron chi connectivity index (χ0n) is 10.0. The second-order valence-electron chi connectivity index (χ2n) is 4.36. The van der Waals surface area contributed by atoms with Crippen LogP contribution >= 0.6 is 11.3 Å².